The van der Waals surface area contributed by atoms with Crippen LogP contribution in [0.1, 0.15) is 93.7 Å². The maximum atomic E-state index is 13.6. The average Bonchev–Trinajstić information content (AvgIpc) is 3.00. The predicted octanol–water partition coefficient (Wildman–Crippen LogP) is 7.10. The van der Waals surface area contributed by atoms with Crippen molar-refractivity contribution in [3.63, 3.8) is 0 Å². The van der Waals surface area contributed by atoms with Gasteiger partial charge in [0.25, 0.3) is 5.91 Å². The Labute approximate surface area is 224 Å². The summed E-state index contributed by atoms with van der Waals surface area (Å²) >= 11 is 0. The number of carbonyl (C=O) groups excluding carboxylic acids is 1. The first-order valence-electron chi connectivity index (χ1n) is 14.0. The normalized spacial score (nSPS) is 21.8. The first kappa shape index (κ1) is 26.8. The van der Waals surface area contributed by atoms with Crippen LogP contribution in [0, 0.1) is 18.8 Å². The third-order valence-corrected chi connectivity index (χ3v) is 7.91. The van der Waals surface area contributed by atoms with E-state index in [0.717, 1.165) is 54.8 Å². The highest BCUT2D eigenvalue weighted by Gasteiger charge is 2.29. The number of allylic oxidation sites excluding steroid dienone is 6. The maximum Gasteiger partial charge on any atom is 0.254 e. The Morgan fingerprint density at radius 1 is 1.11 bits per heavy atom. The van der Waals surface area contributed by atoms with Gasteiger partial charge in [0.2, 0.25) is 0 Å². The SMILES string of the molecule is C=C(C)N=C(N)c1cc(C(=O)N2CCC(C3=CC4C=CN=C(C=C3)C4)CC2)c(C)cc1C1CCC1.CC.[HH]. The first-order valence-corrected chi connectivity index (χ1v) is 14.0. The number of amidine groups is 1. The van der Waals surface area contributed by atoms with Gasteiger partial charge in [-0.2, -0.15) is 0 Å². The molecule has 1 saturated carbocycles. The molecule has 2 aliphatic heterocycles. The van der Waals surface area contributed by atoms with E-state index in [1.54, 1.807) is 0 Å². The van der Waals surface area contributed by atoms with E-state index in [9.17, 15) is 4.79 Å². The van der Waals surface area contributed by atoms with Crippen LogP contribution in [-0.2, 0) is 0 Å². The molecule has 5 nitrogen and oxygen atoms in total. The van der Waals surface area contributed by atoms with Crippen LogP contribution in [-0.4, -0.2) is 35.4 Å². The molecule has 2 N–H and O–H groups in total. The van der Waals surface area contributed by atoms with Gasteiger partial charge in [-0.3, -0.25) is 9.79 Å². The molecule has 198 valence electrons. The zero-order valence-corrected chi connectivity index (χ0v) is 23.0. The number of nitrogens with two attached hydrogens (primary N) is 1. The molecule has 0 aromatic heterocycles. The van der Waals surface area contributed by atoms with E-state index in [1.807, 2.05) is 44.9 Å². The molecule has 1 amide bonds. The molecule has 1 atom stereocenters. The molecule has 5 heteroatoms. The van der Waals surface area contributed by atoms with E-state index in [1.165, 1.54) is 30.4 Å². The van der Waals surface area contributed by atoms with Crippen molar-refractivity contribution in [3.8, 4) is 0 Å². The molecular weight excluding hydrogens is 456 g/mol. The van der Waals surface area contributed by atoms with Crippen LogP contribution in [0.3, 0.4) is 0 Å². The van der Waals surface area contributed by atoms with E-state index in [4.69, 9.17) is 5.73 Å². The lowest BCUT2D eigenvalue weighted by atomic mass is 9.77. The number of hydrogen-bond acceptors (Lipinski definition) is 3. The Bertz CT molecular complexity index is 1190. The van der Waals surface area contributed by atoms with Gasteiger partial charge in [0.1, 0.15) is 5.84 Å². The molecule has 4 aliphatic rings. The molecule has 1 aromatic carbocycles. The van der Waals surface area contributed by atoms with Gasteiger partial charge in [-0.05, 0) is 86.6 Å². The molecule has 1 saturated heterocycles. The third kappa shape index (κ3) is 6.03. The molecule has 2 aliphatic carbocycles. The highest BCUT2D eigenvalue weighted by molar-refractivity contribution is 6.04. The lowest BCUT2D eigenvalue weighted by molar-refractivity contribution is 0.0702. The second-order valence-electron chi connectivity index (χ2n) is 10.5. The second-order valence-corrected chi connectivity index (χ2v) is 10.5. The molecule has 2 heterocycles. The summed E-state index contributed by atoms with van der Waals surface area (Å²) in [6.45, 7) is 13.3. The van der Waals surface area contributed by atoms with Crippen molar-refractivity contribution in [1.29, 1.82) is 0 Å². The van der Waals surface area contributed by atoms with Crippen LogP contribution in [0.4, 0.5) is 0 Å². The second kappa shape index (κ2) is 11.9. The summed E-state index contributed by atoms with van der Waals surface area (Å²) in [7, 11) is 0. The third-order valence-electron chi connectivity index (χ3n) is 7.91. The topological polar surface area (TPSA) is 71.0 Å². The van der Waals surface area contributed by atoms with Gasteiger partial charge < -0.3 is 10.6 Å². The van der Waals surface area contributed by atoms with E-state index in [-0.39, 0.29) is 7.33 Å². The van der Waals surface area contributed by atoms with Crippen LogP contribution in [0.15, 0.2) is 70.5 Å². The quantitative estimate of drug-likeness (QED) is 0.346. The number of piperidine rings is 1. The monoisotopic (exact) mass is 500 g/mol. The van der Waals surface area contributed by atoms with Crippen molar-refractivity contribution >= 4 is 17.5 Å². The van der Waals surface area contributed by atoms with Crippen molar-refractivity contribution in [2.75, 3.05) is 13.1 Å². The summed E-state index contributed by atoms with van der Waals surface area (Å²) in [4.78, 5) is 24.6. The fraction of sp³-hybridized carbons (Fsp3) is 0.469. The molecule has 1 unspecified atom stereocenters. The molecule has 5 rings (SSSR count). The van der Waals surface area contributed by atoms with Gasteiger partial charge >= 0.3 is 0 Å². The number of nitrogens with zero attached hydrogens (tertiary/aromatic N) is 3. The van der Waals surface area contributed by atoms with Crippen LogP contribution in [0.25, 0.3) is 0 Å². The molecule has 2 fully saturated rings. The molecule has 0 radical (unpaired) electrons. The van der Waals surface area contributed by atoms with Crippen LogP contribution < -0.4 is 5.73 Å². The number of carbonyl (C=O) groups is 1. The van der Waals surface area contributed by atoms with Gasteiger partial charge in [-0.1, -0.05) is 51.1 Å². The van der Waals surface area contributed by atoms with E-state index < -0.39 is 0 Å². The zero-order chi connectivity index (χ0) is 26.5. The molecule has 37 heavy (non-hydrogen) atoms. The Morgan fingerprint density at radius 2 is 1.84 bits per heavy atom. The molecule has 2 bridgehead atoms. The van der Waals surface area contributed by atoms with Crippen molar-refractivity contribution in [2.24, 2.45) is 27.6 Å². The van der Waals surface area contributed by atoms with Crippen LogP contribution in [0.5, 0.6) is 0 Å². The minimum Gasteiger partial charge on any atom is -0.383 e. The lowest BCUT2D eigenvalue weighted by Gasteiger charge is -2.34. The van der Waals surface area contributed by atoms with Gasteiger partial charge in [-0.25, -0.2) is 4.99 Å². The first-order chi connectivity index (χ1) is 17.9. The number of fused-ring (bicyclic) bond motifs is 2. The van der Waals surface area contributed by atoms with Gasteiger partial charge in [-0.15, -0.1) is 0 Å². The van der Waals surface area contributed by atoms with E-state index >= 15 is 0 Å². The van der Waals surface area contributed by atoms with E-state index in [2.05, 4.69) is 46.9 Å². The van der Waals surface area contributed by atoms with E-state index in [0.29, 0.717) is 29.3 Å². The number of rotatable bonds is 5. The standard InChI is InChI=1S/C30H36N4O.C2H6.H2/c1-19(2)33-29(31)28-18-26(20(3)15-27(28)23-5-4-6-23)30(35)34-13-10-22(11-14-34)24-7-8-25-17-21(16-24)9-12-32-25;1-2;/h7-9,12,15-16,18,21-23H,1,4-6,10-11,13-14,17H2,2-3H3,(H2,31,33);1-2H3;1H. The van der Waals surface area contributed by atoms with Gasteiger partial charge in [0, 0.05) is 49.2 Å². The fourth-order valence-electron chi connectivity index (χ4n) is 5.70. The Balaban J connectivity index is 0.00000130. The summed E-state index contributed by atoms with van der Waals surface area (Å²) < 4.78 is 0. The van der Waals surface area contributed by atoms with Gasteiger partial charge in [0.05, 0.1) is 0 Å². The predicted molar refractivity (Wildman–Crippen MR) is 157 cm³/mol. The number of likely N-dealkylation sites (tertiary alicyclic amines) is 1. The Morgan fingerprint density at radius 3 is 2.49 bits per heavy atom. The number of hydrogen-bond donors (Lipinski definition) is 1. The minimum absolute atomic E-state index is 0. The summed E-state index contributed by atoms with van der Waals surface area (Å²) in [5, 5.41) is 0. The zero-order valence-electron chi connectivity index (χ0n) is 23.0. The molecular formula is C32H44N4O. The van der Waals surface area contributed by atoms with Crippen LogP contribution in [0.2, 0.25) is 0 Å². The number of aryl methyl sites for hydroxylation is 1. The molecule has 0 spiro atoms. The maximum absolute atomic E-state index is 13.6. The van der Waals surface area contributed by atoms with Crippen molar-refractivity contribution in [1.82, 2.24) is 4.90 Å². The average molecular weight is 501 g/mol. The minimum atomic E-state index is 0. The number of benzene rings is 1. The van der Waals surface area contributed by atoms with Crippen molar-refractivity contribution in [2.45, 2.75) is 72.1 Å². The number of amides is 1. The lowest BCUT2D eigenvalue weighted by Crippen LogP contribution is -2.39. The Kier molecular flexibility index (Phi) is 8.63. The number of aliphatic imine (C=N–C) groups is 2. The van der Waals surface area contributed by atoms with Crippen LogP contribution >= 0.6 is 0 Å². The smallest absolute Gasteiger partial charge is 0.254 e. The van der Waals surface area contributed by atoms with Crippen molar-refractivity contribution < 1.29 is 6.22 Å². The van der Waals surface area contributed by atoms with Gasteiger partial charge in [0.15, 0.2) is 0 Å². The fourth-order valence-corrected chi connectivity index (χ4v) is 5.70. The summed E-state index contributed by atoms with van der Waals surface area (Å²) in [5.41, 5.74) is 13.5. The summed E-state index contributed by atoms with van der Waals surface area (Å²) in [5.74, 6) is 1.99. The van der Waals surface area contributed by atoms with Crippen molar-refractivity contribution in [3.05, 3.63) is 82.7 Å². The highest BCUT2D eigenvalue weighted by Crippen LogP contribution is 2.39. The summed E-state index contributed by atoms with van der Waals surface area (Å²) in [6, 6.07) is 4.17. The Hall–Kier alpha value is -3.21. The highest BCUT2D eigenvalue weighted by atomic mass is 16.2. The largest absolute Gasteiger partial charge is 0.383 e. The molecule has 1 aromatic rings. The summed E-state index contributed by atoms with van der Waals surface area (Å²) in [6.07, 6.45) is 17.5.